The van der Waals surface area contributed by atoms with Crippen molar-refractivity contribution in [2.75, 3.05) is 0 Å². The quantitative estimate of drug-likeness (QED) is 0.481. The number of allylic oxidation sites excluding steroid dienone is 2. The van der Waals surface area contributed by atoms with Crippen LogP contribution < -0.4 is 0 Å². The Morgan fingerprint density at radius 2 is 1.89 bits per heavy atom. The molecule has 2 atom stereocenters. The van der Waals surface area contributed by atoms with Gasteiger partial charge in [0.15, 0.2) is 5.78 Å². The second kappa shape index (κ2) is 4.00. The summed E-state index contributed by atoms with van der Waals surface area (Å²) < 4.78 is 10.9. The highest BCUT2D eigenvalue weighted by atomic mass is 17.3. The Labute approximate surface area is 109 Å². The highest BCUT2D eigenvalue weighted by molar-refractivity contribution is 6.00. The maximum absolute atomic E-state index is 11.5. The molecule has 3 aliphatic rings. The van der Waals surface area contributed by atoms with Gasteiger partial charge in [0.25, 0.3) is 6.29 Å². The molecule has 2 aliphatic heterocycles. The van der Waals surface area contributed by atoms with E-state index in [2.05, 4.69) is 0 Å². The Morgan fingerprint density at radius 3 is 2.58 bits per heavy atom. The minimum Gasteiger partial charge on any atom is -0.430 e. The van der Waals surface area contributed by atoms with Crippen LogP contribution in [0.3, 0.4) is 0 Å². The van der Waals surface area contributed by atoms with Gasteiger partial charge in [-0.15, -0.1) is 0 Å². The molecule has 0 N–H and O–H groups in total. The summed E-state index contributed by atoms with van der Waals surface area (Å²) in [6.07, 6.45) is 4.55. The predicted octanol–water partition coefficient (Wildman–Crippen LogP) is 1.02. The van der Waals surface area contributed by atoms with Crippen LogP contribution in [0.2, 0.25) is 0 Å². The molecule has 2 unspecified atom stereocenters. The van der Waals surface area contributed by atoms with Crippen molar-refractivity contribution < 1.29 is 28.8 Å². The number of carbonyl (C=O) groups is 2. The summed E-state index contributed by atoms with van der Waals surface area (Å²) >= 11 is 0. The van der Waals surface area contributed by atoms with Gasteiger partial charge in [0, 0.05) is 5.41 Å². The third kappa shape index (κ3) is 2.11. The van der Waals surface area contributed by atoms with Crippen molar-refractivity contribution in [2.45, 2.75) is 38.4 Å². The SMILES string of the molecule is CC1(C)CC(=O)OC2OOC3(C=CC(=O)C=C3)OC21. The zero-order valence-electron chi connectivity index (χ0n) is 10.6. The Kier molecular flexibility index (Phi) is 2.63. The molecule has 102 valence electrons. The minimum atomic E-state index is -1.23. The van der Waals surface area contributed by atoms with Crippen LogP contribution >= 0.6 is 0 Å². The Balaban J connectivity index is 1.86. The maximum Gasteiger partial charge on any atom is 0.308 e. The zero-order chi connectivity index (χ0) is 13.7. The number of hydrogen-bond donors (Lipinski definition) is 0. The van der Waals surface area contributed by atoms with Crippen molar-refractivity contribution in [3.8, 4) is 0 Å². The van der Waals surface area contributed by atoms with E-state index in [1.54, 1.807) is 0 Å². The summed E-state index contributed by atoms with van der Waals surface area (Å²) in [5, 5.41) is 0. The Morgan fingerprint density at radius 1 is 1.21 bits per heavy atom. The number of fused-ring (bicyclic) bond motifs is 1. The van der Waals surface area contributed by atoms with Crippen molar-refractivity contribution >= 4 is 11.8 Å². The molecule has 0 aromatic carbocycles. The standard InChI is InChI=1S/C13H14O6/c1-12(2)7-9(15)16-11-10(12)17-13(19-18-11)5-3-8(14)4-6-13/h3-6,10-11H,7H2,1-2H3. The molecule has 2 heterocycles. The zero-order valence-corrected chi connectivity index (χ0v) is 10.6. The van der Waals surface area contributed by atoms with Crippen molar-refractivity contribution in [1.82, 2.24) is 0 Å². The van der Waals surface area contributed by atoms with Crippen LogP contribution in [-0.2, 0) is 28.8 Å². The van der Waals surface area contributed by atoms with E-state index in [1.165, 1.54) is 24.3 Å². The first-order chi connectivity index (χ1) is 8.90. The first-order valence-corrected chi connectivity index (χ1v) is 6.04. The lowest BCUT2D eigenvalue weighted by Crippen LogP contribution is -2.59. The molecule has 0 aromatic heterocycles. The van der Waals surface area contributed by atoms with Crippen LogP contribution in [0.1, 0.15) is 20.3 Å². The lowest BCUT2D eigenvalue weighted by atomic mass is 9.80. The molecule has 1 aliphatic carbocycles. The number of rotatable bonds is 0. The van der Waals surface area contributed by atoms with Gasteiger partial charge in [-0.25, -0.2) is 0 Å². The summed E-state index contributed by atoms with van der Waals surface area (Å²) in [5.41, 5.74) is -0.445. The second-order valence-electron chi connectivity index (χ2n) is 5.53. The Hall–Kier alpha value is -1.50. The third-order valence-corrected chi connectivity index (χ3v) is 3.41. The predicted molar refractivity (Wildman–Crippen MR) is 61.3 cm³/mol. The molecule has 1 spiro atoms. The summed E-state index contributed by atoms with van der Waals surface area (Å²) in [6.45, 7) is 3.80. The smallest absolute Gasteiger partial charge is 0.308 e. The van der Waals surface area contributed by atoms with Gasteiger partial charge in [-0.1, -0.05) is 13.8 Å². The van der Waals surface area contributed by atoms with Crippen LogP contribution in [0, 0.1) is 5.41 Å². The Bertz CT molecular complexity index is 473. The minimum absolute atomic E-state index is 0.144. The second-order valence-corrected chi connectivity index (χ2v) is 5.53. The highest BCUT2D eigenvalue weighted by Crippen LogP contribution is 2.42. The van der Waals surface area contributed by atoms with Crippen molar-refractivity contribution in [3.05, 3.63) is 24.3 Å². The highest BCUT2D eigenvalue weighted by Gasteiger charge is 2.54. The number of esters is 1. The molecule has 2 fully saturated rings. The van der Waals surface area contributed by atoms with Crippen molar-refractivity contribution in [1.29, 1.82) is 0 Å². The monoisotopic (exact) mass is 266 g/mol. The van der Waals surface area contributed by atoms with E-state index in [0.717, 1.165) is 0 Å². The molecule has 0 saturated carbocycles. The van der Waals surface area contributed by atoms with Gasteiger partial charge in [0.2, 0.25) is 5.79 Å². The normalized spacial score (nSPS) is 35.1. The fourth-order valence-corrected chi connectivity index (χ4v) is 2.34. The summed E-state index contributed by atoms with van der Waals surface area (Å²) in [5.74, 6) is -1.72. The molecule has 2 saturated heterocycles. The number of hydrogen-bond acceptors (Lipinski definition) is 6. The topological polar surface area (TPSA) is 71.1 Å². The van der Waals surface area contributed by atoms with Gasteiger partial charge in [0.1, 0.15) is 6.10 Å². The van der Waals surface area contributed by atoms with Crippen LogP contribution in [0.4, 0.5) is 0 Å². The average Bonchev–Trinajstić information content (AvgIpc) is 2.34. The molecule has 0 bridgehead atoms. The lowest BCUT2D eigenvalue weighted by Gasteiger charge is -2.48. The van der Waals surface area contributed by atoms with E-state index < -0.39 is 23.6 Å². The first kappa shape index (κ1) is 12.5. The molecule has 0 amide bonds. The average molecular weight is 266 g/mol. The number of ether oxygens (including phenoxy) is 2. The van der Waals surface area contributed by atoms with Crippen LogP contribution in [0.5, 0.6) is 0 Å². The summed E-state index contributed by atoms with van der Waals surface area (Å²) in [7, 11) is 0. The van der Waals surface area contributed by atoms with Crippen LogP contribution in [0.15, 0.2) is 24.3 Å². The molecule has 6 nitrogen and oxygen atoms in total. The molecule has 0 aromatic rings. The molecular weight excluding hydrogens is 252 g/mol. The maximum atomic E-state index is 11.5. The van der Waals surface area contributed by atoms with Crippen molar-refractivity contribution in [3.63, 3.8) is 0 Å². The molecule has 6 heteroatoms. The fraction of sp³-hybridized carbons (Fsp3) is 0.538. The van der Waals surface area contributed by atoms with E-state index in [4.69, 9.17) is 19.2 Å². The first-order valence-electron chi connectivity index (χ1n) is 6.04. The van der Waals surface area contributed by atoms with Crippen LogP contribution in [0.25, 0.3) is 0 Å². The van der Waals surface area contributed by atoms with E-state index in [9.17, 15) is 9.59 Å². The molecular formula is C13H14O6. The molecule has 19 heavy (non-hydrogen) atoms. The van der Waals surface area contributed by atoms with Gasteiger partial charge < -0.3 is 9.47 Å². The third-order valence-electron chi connectivity index (χ3n) is 3.41. The fourth-order valence-electron chi connectivity index (χ4n) is 2.34. The van der Waals surface area contributed by atoms with Gasteiger partial charge >= 0.3 is 5.97 Å². The molecule has 3 rings (SSSR count). The van der Waals surface area contributed by atoms with E-state index in [1.807, 2.05) is 13.8 Å². The van der Waals surface area contributed by atoms with E-state index in [-0.39, 0.29) is 18.2 Å². The largest absolute Gasteiger partial charge is 0.430 e. The number of carbonyl (C=O) groups excluding carboxylic acids is 2. The van der Waals surface area contributed by atoms with Crippen LogP contribution in [-0.4, -0.2) is 29.9 Å². The van der Waals surface area contributed by atoms with Gasteiger partial charge in [0.05, 0.1) is 6.42 Å². The van der Waals surface area contributed by atoms with E-state index in [0.29, 0.717) is 0 Å². The van der Waals surface area contributed by atoms with E-state index >= 15 is 0 Å². The number of ketones is 1. The molecule has 0 radical (unpaired) electrons. The summed E-state index contributed by atoms with van der Waals surface area (Å²) in [4.78, 5) is 32.9. The lowest BCUT2D eigenvalue weighted by molar-refractivity contribution is -0.516. The summed E-state index contributed by atoms with van der Waals surface area (Å²) in [6, 6.07) is 0. The van der Waals surface area contributed by atoms with Gasteiger partial charge in [-0.05, 0) is 24.3 Å². The van der Waals surface area contributed by atoms with Crippen molar-refractivity contribution in [2.24, 2.45) is 5.41 Å². The van der Waals surface area contributed by atoms with Gasteiger partial charge in [-0.3, -0.25) is 9.59 Å². The van der Waals surface area contributed by atoms with Gasteiger partial charge in [-0.2, -0.15) is 9.78 Å².